The number of esters is 2. The lowest BCUT2D eigenvalue weighted by molar-refractivity contribution is -0.172. The molecule has 6 heteroatoms. The van der Waals surface area contributed by atoms with Crippen molar-refractivity contribution in [3.8, 4) is 0 Å². The van der Waals surface area contributed by atoms with Crippen LogP contribution in [0.25, 0.3) is 0 Å². The highest BCUT2D eigenvalue weighted by Gasteiger charge is 2.57. The van der Waals surface area contributed by atoms with E-state index in [4.69, 9.17) is 21.3 Å². The standard InChI is InChI=1S/C25H31O4PS/c1-4-28-23(26)25(24(27)29-5-2)16-19(3)20(17-25)18-30(31,21-12-8-6-9-13-21)22-14-10-7-11-15-22/h6-15,19-20H,4-5,16-18H2,1-3H3. The van der Waals surface area contributed by atoms with Crippen molar-refractivity contribution < 1.29 is 19.1 Å². The van der Waals surface area contributed by atoms with Crippen LogP contribution in [-0.4, -0.2) is 31.3 Å². The molecule has 4 nitrogen and oxygen atoms in total. The fraction of sp³-hybridized carbons (Fsp3) is 0.440. The molecule has 0 N–H and O–H groups in total. The zero-order valence-electron chi connectivity index (χ0n) is 18.5. The zero-order chi connectivity index (χ0) is 22.5. The Morgan fingerprint density at radius 3 is 1.77 bits per heavy atom. The van der Waals surface area contributed by atoms with Gasteiger partial charge in [0.2, 0.25) is 0 Å². The first-order valence-electron chi connectivity index (χ1n) is 10.9. The summed E-state index contributed by atoms with van der Waals surface area (Å²) >= 11 is 6.41. The van der Waals surface area contributed by atoms with Crippen molar-refractivity contribution in [2.24, 2.45) is 17.3 Å². The van der Waals surface area contributed by atoms with Crippen LogP contribution in [0.5, 0.6) is 0 Å². The van der Waals surface area contributed by atoms with E-state index in [1.807, 2.05) is 36.4 Å². The van der Waals surface area contributed by atoms with Crippen LogP contribution in [0.3, 0.4) is 0 Å². The van der Waals surface area contributed by atoms with Crippen LogP contribution in [-0.2, 0) is 30.9 Å². The van der Waals surface area contributed by atoms with Gasteiger partial charge in [0.15, 0.2) is 5.41 Å². The molecule has 2 aromatic carbocycles. The average molecular weight is 459 g/mol. The van der Waals surface area contributed by atoms with Crippen molar-refractivity contribution in [2.75, 3.05) is 19.4 Å². The summed E-state index contributed by atoms with van der Waals surface area (Å²) in [5, 5.41) is 2.32. The smallest absolute Gasteiger partial charge is 0.323 e. The first-order chi connectivity index (χ1) is 14.9. The minimum absolute atomic E-state index is 0.125. The maximum Gasteiger partial charge on any atom is 0.323 e. The van der Waals surface area contributed by atoms with Gasteiger partial charge in [-0.1, -0.05) is 79.4 Å². The van der Waals surface area contributed by atoms with E-state index in [1.165, 1.54) is 0 Å². The Kier molecular flexibility index (Phi) is 7.72. The lowest BCUT2D eigenvalue weighted by atomic mass is 9.85. The lowest BCUT2D eigenvalue weighted by Gasteiger charge is -2.29. The van der Waals surface area contributed by atoms with E-state index in [2.05, 4.69) is 31.2 Å². The van der Waals surface area contributed by atoms with Crippen molar-refractivity contribution in [2.45, 2.75) is 33.6 Å². The predicted octanol–water partition coefficient (Wildman–Crippen LogP) is 4.28. The molecule has 3 rings (SSSR count). The minimum atomic E-state index is -2.13. The number of carbonyl (C=O) groups is 2. The highest BCUT2D eigenvalue weighted by molar-refractivity contribution is 8.21. The van der Waals surface area contributed by atoms with Crippen molar-refractivity contribution in [3.63, 3.8) is 0 Å². The molecule has 0 heterocycles. The summed E-state index contributed by atoms with van der Waals surface area (Å²) in [6, 6.07) is 18.4. The molecule has 2 aromatic rings. The molecule has 0 amide bonds. The van der Waals surface area contributed by atoms with Gasteiger partial charge < -0.3 is 9.47 Å². The summed E-state index contributed by atoms with van der Waals surface area (Å²) in [6.07, 6.45) is 1.62. The molecule has 166 valence electrons. The summed E-state index contributed by atoms with van der Waals surface area (Å²) in [5.74, 6) is -0.644. The molecule has 1 aliphatic rings. The SMILES string of the molecule is CCOC(=O)C1(C(=O)OCC)CC(C)C(CP(=S)(c2ccccc2)c2ccccc2)C1. The maximum atomic E-state index is 12.9. The van der Waals surface area contributed by atoms with Crippen LogP contribution in [0.2, 0.25) is 0 Å². The molecular weight excluding hydrogens is 427 g/mol. The Morgan fingerprint density at radius 1 is 0.903 bits per heavy atom. The quantitative estimate of drug-likeness (QED) is 0.336. The number of benzene rings is 2. The van der Waals surface area contributed by atoms with Gasteiger partial charge >= 0.3 is 11.9 Å². The molecule has 31 heavy (non-hydrogen) atoms. The summed E-state index contributed by atoms with van der Waals surface area (Å²) in [7, 11) is 0. The molecule has 2 atom stereocenters. The first-order valence-corrected chi connectivity index (χ1v) is 13.9. The fourth-order valence-electron chi connectivity index (χ4n) is 4.68. The van der Waals surface area contributed by atoms with Crippen molar-refractivity contribution in [1.82, 2.24) is 0 Å². The van der Waals surface area contributed by atoms with Gasteiger partial charge in [-0.2, -0.15) is 0 Å². The molecule has 1 saturated carbocycles. The predicted molar refractivity (Wildman–Crippen MR) is 129 cm³/mol. The summed E-state index contributed by atoms with van der Waals surface area (Å²) in [5.41, 5.74) is -1.23. The van der Waals surface area contributed by atoms with Crippen LogP contribution in [0.1, 0.15) is 33.6 Å². The Hall–Kier alpha value is -1.97. The molecule has 1 fully saturated rings. The molecule has 2 unspecified atom stereocenters. The van der Waals surface area contributed by atoms with Gasteiger partial charge in [-0.25, -0.2) is 0 Å². The minimum Gasteiger partial charge on any atom is -0.465 e. The number of rotatable bonds is 8. The second-order valence-electron chi connectivity index (χ2n) is 8.26. The fourth-order valence-corrected chi connectivity index (χ4v) is 9.16. The second-order valence-corrected chi connectivity index (χ2v) is 13.0. The second kappa shape index (κ2) is 10.1. The van der Waals surface area contributed by atoms with E-state index in [0.717, 1.165) is 16.8 Å². The Balaban J connectivity index is 1.98. The summed E-state index contributed by atoms with van der Waals surface area (Å²) in [6.45, 7) is 6.12. The topological polar surface area (TPSA) is 52.6 Å². The third kappa shape index (κ3) is 4.78. The lowest BCUT2D eigenvalue weighted by Crippen LogP contribution is -2.40. The number of ether oxygens (including phenoxy) is 2. The Labute approximate surface area is 190 Å². The zero-order valence-corrected chi connectivity index (χ0v) is 20.2. The molecule has 0 aromatic heterocycles. The van der Waals surface area contributed by atoms with Crippen LogP contribution in [0.4, 0.5) is 0 Å². The third-order valence-corrected chi connectivity index (χ3v) is 11.2. The van der Waals surface area contributed by atoms with Crippen molar-refractivity contribution in [3.05, 3.63) is 60.7 Å². The molecule has 0 radical (unpaired) electrons. The largest absolute Gasteiger partial charge is 0.465 e. The molecule has 1 aliphatic carbocycles. The number of hydrogen-bond acceptors (Lipinski definition) is 5. The van der Waals surface area contributed by atoms with Gasteiger partial charge in [-0.05, 0) is 55.3 Å². The average Bonchev–Trinajstić information content (AvgIpc) is 3.12. The monoisotopic (exact) mass is 458 g/mol. The Morgan fingerprint density at radius 2 is 1.35 bits per heavy atom. The maximum absolute atomic E-state index is 12.9. The van der Waals surface area contributed by atoms with E-state index >= 15 is 0 Å². The highest BCUT2D eigenvalue weighted by Crippen LogP contribution is 2.54. The van der Waals surface area contributed by atoms with E-state index in [9.17, 15) is 9.59 Å². The van der Waals surface area contributed by atoms with E-state index in [0.29, 0.717) is 12.8 Å². The van der Waals surface area contributed by atoms with Gasteiger partial charge in [-0.3, -0.25) is 9.59 Å². The van der Waals surface area contributed by atoms with E-state index in [1.54, 1.807) is 13.8 Å². The number of hydrogen-bond donors (Lipinski definition) is 0. The summed E-state index contributed by atoms with van der Waals surface area (Å²) in [4.78, 5) is 25.9. The van der Waals surface area contributed by atoms with Gasteiger partial charge in [0.25, 0.3) is 0 Å². The normalized spacial score (nSPS) is 20.2. The summed E-state index contributed by atoms with van der Waals surface area (Å²) < 4.78 is 10.7. The van der Waals surface area contributed by atoms with Gasteiger partial charge in [-0.15, -0.1) is 0 Å². The molecule has 0 bridgehead atoms. The van der Waals surface area contributed by atoms with E-state index < -0.39 is 23.4 Å². The highest BCUT2D eigenvalue weighted by atomic mass is 32.4. The van der Waals surface area contributed by atoms with Crippen LogP contribution in [0, 0.1) is 17.3 Å². The van der Waals surface area contributed by atoms with E-state index in [-0.39, 0.29) is 25.0 Å². The first kappa shape index (κ1) is 23.7. The van der Waals surface area contributed by atoms with Crippen LogP contribution >= 0.6 is 6.04 Å². The molecule has 0 aliphatic heterocycles. The molecular formula is C25H31O4PS. The van der Waals surface area contributed by atoms with Crippen molar-refractivity contribution in [1.29, 1.82) is 0 Å². The molecule has 0 spiro atoms. The van der Waals surface area contributed by atoms with Crippen LogP contribution < -0.4 is 10.6 Å². The van der Waals surface area contributed by atoms with Gasteiger partial charge in [0.05, 0.1) is 13.2 Å². The molecule has 0 saturated heterocycles. The number of carbonyl (C=O) groups excluding carboxylic acids is 2. The van der Waals surface area contributed by atoms with Crippen molar-refractivity contribution >= 4 is 40.4 Å². The van der Waals surface area contributed by atoms with Gasteiger partial charge in [0, 0.05) is 6.04 Å². The third-order valence-electron chi connectivity index (χ3n) is 6.26. The van der Waals surface area contributed by atoms with Gasteiger partial charge in [0.1, 0.15) is 0 Å². The van der Waals surface area contributed by atoms with Crippen LogP contribution in [0.15, 0.2) is 60.7 Å². The Bertz CT molecular complexity index is 883.